The molecule has 5 atom stereocenters. The van der Waals surface area contributed by atoms with Crippen molar-refractivity contribution >= 4 is 22.4 Å². The highest BCUT2D eigenvalue weighted by Crippen LogP contribution is 2.57. The van der Waals surface area contributed by atoms with Crippen molar-refractivity contribution in [2.75, 3.05) is 0 Å². The molecule has 2 aliphatic carbocycles. The number of hydrogen-bond acceptors (Lipinski definition) is 3. The van der Waals surface area contributed by atoms with Crippen LogP contribution in [-0.4, -0.2) is 34.1 Å². The third-order valence-electron chi connectivity index (χ3n) is 10.9. The van der Waals surface area contributed by atoms with E-state index >= 15 is 0 Å². The van der Waals surface area contributed by atoms with E-state index in [1.54, 1.807) is 0 Å². The SMILES string of the molecule is CC(CCC(O[Si](C)(C)C(C)(C)C)C(C)(C)O[Si](C)(C)C(C)(C)C)C1CCC2C(=O)CCCC21C. The van der Waals surface area contributed by atoms with Gasteiger partial charge in [-0.2, -0.15) is 0 Å². The average Bonchev–Trinajstić information content (AvgIpc) is 3.00. The summed E-state index contributed by atoms with van der Waals surface area (Å²) in [4.78, 5) is 12.7. The minimum atomic E-state index is -1.96. The molecule has 0 aromatic carbocycles. The minimum absolute atomic E-state index is 0.0814. The van der Waals surface area contributed by atoms with E-state index in [0.717, 1.165) is 32.1 Å². The molecule has 0 amide bonds. The van der Waals surface area contributed by atoms with Crippen molar-refractivity contribution in [1.29, 1.82) is 0 Å². The van der Waals surface area contributed by atoms with E-state index in [1.807, 2.05) is 0 Å². The molecule has 2 aliphatic rings. The molecule has 0 aromatic heterocycles. The van der Waals surface area contributed by atoms with Crippen LogP contribution in [0.25, 0.3) is 0 Å². The van der Waals surface area contributed by atoms with E-state index < -0.39 is 16.6 Å². The van der Waals surface area contributed by atoms with Gasteiger partial charge in [-0.3, -0.25) is 4.79 Å². The largest absolute Gasteiger partial charge is 0.411 e. The first-order chi connectivity index (χ1) is 15.6. The zero-order valence-corrected chi connectivity index (χ0v) is 28.0. The van der Waals surface area contributed by atoms with E-state index in [1.165, 1.54) is 12.8 Å². The van der Waals surface area contributed by atoms with Crippen LogP contribution >= 0.6 is 0 Å². The maximum atomic E-state index is 12.7. The van der Waals surface area contributed by atoms with E-state index in [4.69, 9.17) is 8.85 Å². The number of carbonyl (C=O) groups is 1. The van der Waals surface area contributed by atoms with E-state index in [0.29, 0.717) is 23.5 Å². The Morgan fingerprint density at radius 1 is 0.914 bits per heavy atom. The number of fused-ring (bicyclic) bond motifs is 1. The van der Waals surface area contributed by atoms with E-state index in [-0.39, 0.29) is 27.2 Å². The molecule has 2 saturated carbocycles. The van der Waals surface area contributed by atoms with Crippen LogP contribution in [-0.2, 0) is 13.6 Å². The molecule has 0 aliphatic heterocycles. The second-order valence-corrected chi connectivity index (χ2v) is 25.4. The topological polar surface area (TPSA) is 35.5 Å². The maximum Gasteiger partial charge on any atom is 0.192 e. The van der Waals surface area contributed by atoms with Gasteiger partial charge in [0.25, 0.3) is 0 Å². The highest BCUT2D eigenvalue weighted by Gasteiger charge is 2.53. The lowest BCUT2D eigenvalue weighted by Crippen LogP contribution is -2.56. The second kappa shape index (κ2) is 10.3. The molecule has 2 rings (SSSR count). The quantitative estimate of drug-likeness (QED) is 0.282. The van der Waals surface area contributed by atoms with Crippen LogP contribution in [0.5, 0.6) is 0 Å². The highest BCUT2D eigenvalue weighted by molar-refractivity contribution is 6.74. The molecule has 3 nitrogen and oxygen atoms in total. The lowest BCUT2D eigenvalue weighted by molar-refractivity contribution is -0.130. The van der Waals surface area contributed by atoms with Gasteiger partial charge in [-0.1, -0.05) is 55.4 Å². The Bertz CT molecular complexity index is 744. The monoisotopic (exact) mass is 524 g/mol. The first-order valence-corrected chi connectivity index (χ1v) is 20.3. The molecule has 5 heteroatoms. The zero-order chi connectivity index (χ0) is 27.3. The van der Waals surface area contributed by atoms with Crippen molar-refractivity contribution in [3.63, 3.8) is 0 Å². The van der Waals surface area contributed by atoms with Crippen LogP contribution in [0.4, 0.5) is 0 Å². The molecule has 0 bridgehead atoms. The fraction of sp³-hybridized carbons (Fsp3) is 0.967. The highest BCUT2D eigenvalue weighted by atomic mass is 28.4. The third kappa shape index (κ3) is 6.73. The van der Waals surface area contributed by atoms with Gasteiger partial charge in [0.1, 0.15) is 5.78 Å². The summed E-state index contributed by atoms with van der Waals surface area (Å²) in [6.07, 6.45) is 7.69. The average molecular weight is 525 g/mol. The van der Waals surface area contributed by atoms with Gasteiger partial charge in [0.15, 0.2) is 16.6 Å². The maximum absolute atomic E-state index is 12.7. The fourth-order valence-corrected chi connectivity index (χ4v) is 9.70. The molecule has 35 heavy (non-hydrogen) atoms. The van der Waals surface area contributed by atoms with Crippen LogP contribution in [0.1, 0.15) is 114 Å². The van der Waals surface area contributed by atoms with Gasteiger partial charge < -0.3 is 8.85 Å². The molecule has 5 unspecified atom stereocenters. The van der Waals surface area contributed by atoms with Gasteiger partial charge >= 0.3 is 0 Å². The molecule has 0 heterocycles. The van der Waals surface area contributed by atoms with Crippen LogP contribution in [0, 0.1) is 23.2 Å². The number of ketones is 1. The number of Topliss-reactive ketones (excluding diaryl/α,β-unsaturated/α-hetero) is 1. The second-order valence-electron chi connectivity index (χ2n) is 15.9. The van der Waals surface area contributed by atoms with Gasteiger partial charge in [-0.25, -0.2) is 0 Å². The summed E-state index contributed by atoms with van der Waals surface area (Å²) >= 11 is 0. The summed E-state index contributed by atoms with van der Waals surface area (Å²) in [6.45, 7) is 32.9. The number of rotatable bonds is 9. The zero-order valence-electron chi connectivity index (χ0n) is 26.0. The third-order valence-corrected chi connectivity index (χ3v) is 20.0. The summed E-state index contributed by atoms with van der Waals surface area (Å²) in [5.74, 6) is 2.10. The van der Waals surface area contributed by atoms with Gasteiger partial charge in [-0.05, 0) is 106 Å². The predicted octanol–water partition coefficient (Wildman–Crippen LogP) is 9.38. The summed E-state index contributed by atoms with van der Waals surface area (Å²) in [5.41, 5.74) is -0.126. The van der Waals surface area contributed by atoms with Crippen molar-refractivity contribution in [2.24, 2.45) is 23.2 Å². The fourth-order valence-electron chi connectivity index (χ4n) is 6.48. The van der Waals surface area contributed by atoms with Gasteiger partial charge in [0.2, 0.25) is 0 Å². The van der Waals surface area contributed by atoms with Gasteiger partial charge in [-0.15, -0.1) is 0 Å². The predicted molar refractivity (Wildman–Crippen MR) is 156 cm³/mol. The Morgan fingerprint density at radius 2 is 1.46 bits per heavy atom. The summed E-state index contributed by atoms with van der Waals surface area (Å²) in [5, 5.41) is 0.332. The van der Waals surface area contributed by atoms with Crippen molar-refractivity contribution < 1.29 is 13.6 Å². The Morgan fingerprint density at radius 3 is 1.97 bits per heavy atom. The lowest BCUT2D eigenvalue weighted by atomic mass is 9.62. The summed E-state index contributed by atoms with van der Waals surface area (Å²) in [6, 6.07) is 0. The molecule has 206 valence electrons. The molecule has 0 aromatic rings. The van der Waals surface area contributed by atoms with Gasteiger partial charge in [0, 0.05) is 12.3 Å². The van der Waals surface area contributed by atoms with Crippen LogP contribution in [0.2, 0.25) is 36.3 Å². The van der Waals surface area contributed by atoms with Crippen molar-refractivity contribution in [3.8, 4) is 0 Å². The van der Waals surface area contributed by atoms with Gasteiger partial charge in [0.05, 0.1) is 11.7 Å². The first-order valence-electron chi connectivity index (χ1n) is 14.5. The molecule has 0 saturated heterocycles. The van der Waals surface area contributed by atoms with Crippen molar-refractivity contribution in [2.45, 2.75) is 162 Å². The van der Waals surface area contributed by atoms with E-state index in [2.05, 4.69) is 95.4 Å². The molecule has 0 N–H and O–H groups in total. The Balaban J connectivity index is 2.25. The summed E-state index contributed by atoms with van der Waals surface area (Å²) in [7, 11) is -3.91. The van der Waals surface area contributed by atoms with Crippen LogP contribution in [0.3, 0.4) is 0 Å². The Kier molecular flexibility index (Phi) is 9.19. The summed E-state index contributed by atoms with van der Waals surface area (Å²) < 4.78 is 14.2. The first kappa shape index (κ1) is 31.2. The molecular formula is C30H60O3Si2. The molecule has 2 fully saturated rings. The van der Waals surface area contributed by atoms with E-state index in [9.17, 15) is 4.79 Å². The smallest absolute Gasteiger partial charge is 0.192 e. The Labute approximate surface area is 221 Å². The standard InChI is InChI=1S/C30H60O3Si2/c1-22(23-18-19-24-25(31)16-15-21-30(23,24)10)17-20-26(32-34(11,12)27(2,3)4)29(8,9)33-35(13,14)28(5,6)7/h22-24,26H,15-21H2,1-14H3. The number of hydrogen-bond donors (Lipinski definition) is 0. The minimum Gasteiger partial charge on any atom is -0.411 e. The normalized spacial score (nSPS) is 28.7. The van der Waals surface area contributed by atoms with Crippen molar-refractivity contribution in [1.82, 2.24) is 0 Å². The molecular weight excluding hydrogens is 464 g/mol. The molecule has 0 spiro atoms. The van der Waals surface area contributed by atoms with Crippen LogP contribution < -0.4 is 0 Å². The van der Waals surface area contributed by atoms with Crippen LogP contribution in [0.15, 0.2) is 0 Å². The number of carbonyl (C=O) groups excluding carboxylic acids is 1. The Hall–Kier alpha value is 0.0238. The molecule has 0 radical (unpaired) electrons. The lowest BCUT2D eigenvalue weighted by Gasteiger charge is -2.49. The van der Waals surface area contributed by atoms with Crippen molar-refractivity contribution in [3.05, 3.63) is 0 Å².